The average molecular weight is 298 g/mol. The van der Waals surface area contributed by atoms with Gasteiger partial charge in [0.05, 0.1) is 13.7 Å². The van der Waals surface area contributed by atoms with E-state index >= 15 is 0 Å². The molecule has 0 bridgehead atoms. The summed E-state index contributed by atoms with van der Waals surface area (Å²) in [5.41, 5.74) is -1.92. The SMILES string of the molecule is CCCOC(=O)C1(C(F)F)Cc2cc(OC)ccc2C1=O. The number of halogens is 2. The van der Waals surface area contributed by atoms with Crippen LogP contribution in [0.1, 0.15) is 29.3 Å². The third-order valence-corrected chi connectivity index (χ3v) is 3.61. The topological polar surface area (TPSA) is 52.6 Å². The standard InChI is InChI=1S/C15H16F2O4/c1-3-6-21-14(19)15(13(16)17)8-9-7-10(20-2)4-5-11(9)12(15)18/h4-5,7,13H,3,6,8H2,1-2H3. The van der Waals surface area contributed by atoms with Crippen LogP contribution >= 0.6 is 0 Å². The highest BCUT2D eigenvalue weighted by Gasteiger charge is 2.59. The van der Waals surface area contributed by atoms with Crippen LogP contribution in [-0.2, 0) is 16.0 Å². The molecule has 1 aliphatic rings. The van der Waals surface area contributed by atoms with Crippen molar-refractivity contribution >= 4 is 11.8 Å². The van der Waals surface area contributed by atoms with E-state index in [2.05, 4.69) is 0 Å². The Balaban J connectivity index is 2.41. The second-order valence-electron chi connectivity index (χ2n) is 4.94. The molecule has 0 fully saturated rings. The molecule has 0 saturated carbocycles. The highest BCUT2D eigenvalue weighted by atomic mass is 19.3. The van der Waals surface area contributed by atoms with Crippen LogP contribution in [0.3, 0.4) is 0 Å². The molecule has 1 unspecified atom stereocenters. The monoisotopic (exact) mass is 298 g/mol. The second-order valence-corrected chi connectivity index (χ2v) is 4.94. The zero-order valence-electron chi connectivity index (χ0n) is 11.8. The van der Waals surface area contributed by atoms with Gasteiger partial charge in [-0.05, 0) is 30.2 Å². The fraction of sp³-hybridized carbons (Fsp3) is 0.467. The molecule has 114 valence electrons. The van der Waals surface area contributed by atoms with E-state index in [0.29, 0.717) is 17.7 Å². The molecule has 0 aromatic heterocycles. The van der Waals surface area contributed by atoms with E-state index in [1.165, 1.54) is 25.3 Å². The Morgan fingerprint density at radius 3 is 2.71 bits per heavy atom. The first kappa shape index (κ1) is 15.4. The number of fused-ring (bicyclic) bond motifs is 1. The predicted molar refractivity (Wildman–Crippen MR) is 70.7 cm³/mol. The molecule has 1 aromatic rings. The molecule has 1 atom stereocenters. The van der Waals surface area contributed by atoms with Crippen molar-refractivity contribution in [1.29, 1.82) is 0 Å². The van der Waals surface area contributed by atoms with Crippen LogP contribution in [0.5, 0.6) is 5.75 Å². The van der Waals surface area contributed by atoms with Crippen molar-refractivity contribution in [2.45, 2.75) is 26.2 Å². The first-order valence-corrected chi connectivity index (χ1v) is 6.64. The largest absolute Gasteiger partial charge is 0.497 e. The number of carbonyl (C=O) groups is 2. The normalized spacial score (nSPS) is 20.5. The maximum absolute atomic E-state index is 13.5. The summed E-state index contributed by atoms with van der Waals surface area (Å²) in [5.74, 6) is -1.58. The summed E-state index contributed by atoms with van der Waals surface area (Å²) in [6.45, 7) is 1.76. The molecule has 0 saturated heterocycles. The zero-order valence-corrected chi connectivity index (χ0v) is 11.8. The van der Waals surface area contributed by atoms with Gasteiger partial charge in [0.25, 0.3) is 6.43 Å². The number of alkyl halides is 2. The summed E-state index contributed by atoms with van der Waals surface area (Å²) in [6, 6.07) is 4.42. The predicted octanol–water partition coefficient (Wildman–Crippen LogP) is 2.64. The highest BCUT2D eigenvalue weighted by Crippen LogP contribution is 2.43. The molecule has 0 amide bonds. The highest BCUT2D eigenvalue weighted by molar-refractivity contribution is 6.16. The van der Waals surface area contributed by atoms with Gasteiger partial charge < -0.3 is 9.47 Å². The second kappa shape index (κ2) is 5.79. The molecule has 1 aliphatic carbocycles. The molecule has 2 rings (SSSR count). The smallest absolute Gasteiger partial charge is 0.326 e. The average Bonchev–Trinajstić information content (AvgIpc) is 2.78. The maximum Gasteiger partial charge on any atom is 0.326 e. The molecule has 21 heavy (non-hydrogen) atoms. The summed E-state index contributed by atoms with van der Waals surface area (Å²) in [7, 11) is 1.44. The minimum atomic E-state index is -3.12. The number of rotatable bonds is 5. The molecule has 0 heterocycles. The Kier molecular flexibility index (Phi) is 4.25. The lowest BCUT2D eigenvalue weighted by atomic mass is 9.84. The Morgan fingerprint density at radius 1 is 1.43 bits per heavy atom. The minimum Gasteiger partial charge on any atom is -0.497 e. The number of ether oxygens (including phenoxy) is 2. The van der Waals surface area contributed by atoms with Gasteiger partial charge in [-0.25, -0.2) is 8.78 Å². The van der Waals surface area contributed by atoms with Crippen LogP contribution in [-0.4, -0.2) is 31.9 Å². The summed E-state index contributed by atoms with van der Waals surface area (Å²) in [6.07, 6.45) is -2.98. The van der Waals surface area contributed by atoms with E-state index in [9.17, 15) is 18.4 Å². The molecule has 0 N–H and O–H groups in total. The first-order valence-electron chi connectivity index (χ1n) is 6.64. The minimum absolute atomic E-state index is 0.0141. The molecule has 1 aromatic carbocycles. The van der Waals surface area contributed by atoms with Crippen LogP contribution < -0.4 is 4.74 Å². The number of carbonyl (C=O) groups excluding carboxylic acids is 2. The number of methoxy groups -OCH3 is 1. The van der Waals surface area contributed by atoms with Crippen molar-refractivity contribution in [3.63, 3.8) is 0 Å². The fourth-order valence-corrected chi connectivity index (χ4v) is 2.44. The van der Waals surface area contributed by atoms with Crippen LogP contribution in [0.25, 0.3) is 0 Å². The third-order valence-electron chi connectivity index (χ3n) is 3.61. The zero-order chi connectivity index (χ0) is 15.6. The number of Topliss-reactive ketones (excluding diaryl/α,β-unsaturated/α-hetero) is 1. The van der Waals surface area contributed by atoms with Gasteiger partial charge in [0, 0.05) is 12.0 Å². The lowest BCUT2D eigenvalue weighted by Gasteiger charge is -2.23. The maximum atomic E-state index is 13.5. The van der Waals surface area contributed by atoms with Crippen LogP contribution in [0, 0.1) is 5.41 Å². The van der Waals surface area contributed by atoms with Crippen molar-refractivity contribution < 1.29 is 27.8 Å². The first-order chi connectivity index (χ1) is 9.97. The molecule has 0 radical (unpaired) electrons. The third kappa shape index (κ3) is 2.39. The molecule has 0 spiro atoms. The number of esters is 1. The molecular formula is C15H16F2O4. The Labute approximate surface area is 121 Å². The van der Waals surface area contributed by atoms with E-state index in [1.807, 2.05) is 0 Å². The lowest BCUT2D eigenvalue weighted by molar-refractivity contribution is -0.160. The summed E-state index contributed by atoms with van der Waals surface area (Å²) in [5, 5.41) is 0. The number of hydrogen-bond acceptors (Lipinski definition) is 4. The lowest BCUT2D eigenvalue weighted by Crippen LogP contribution is -2.45. The molecule has 0 aliphatic heterocycles. The summed E-state index contributed by atoms with van der Waals surface area (Å²) >= 11 is 0. The summed E-state index contributed by atoms with van der Waals surface area (Å²) < 4.78 is 36.9. The number of benzene rings is 1. The van der Waals surface area contributed by atoms with Gasteiger partial charge in [0.1, 0.15) is 5.75 Å². The van der Waals surface area contributed by atoms with E-state index in [4.69, 9.17) is 9.47 Å². The van der Waals surface area contributed by atoms with Crippen LogP contribution in [0.15, 0.2) is 18.2 Å². The Bertz CT molecular complexity index is 571. The molecule has 6 heteroatoms. The van der Waals surface area contributed by atoms with Crippen molar-refractivity contribution in [3.05, 3.63) is 29.3 Å². The van der Waals surface area contributed by atoms with E-state index in [0.717, 1.165) is 0 Å². The fourth-order valence-electron chi connectivity index (χ4n) is 2.44. The van der Waals surface area contributed by atoms with Gasteiger partial charge in [0.2, 0.25) is 0 Å². The van der Waals surface area contributed by atoms with Crippen molar-refractivity contribution in [3.8, 4) is 5.75 Å². The Morgan fingerprint density at radius 2 is 2.14 bits per heavy atom. The van der Waals surface area contributed by atoms with Crippen LogP contribution in [0.2, 0.25) is 0 Å². The number of hydrogen-bond donors (Lipinski definition) is 0. The van der Waals surface area contributed by atoms with Gasteiger partial charge >= 0.3 is 5.97 Å². The molecular weight excluding hydrogens is 282 g/mol. The van der Waals surface area contributed by atoms with Gasteiger partial charge in [0.15, 0.2) is 11.2 Å². The van der Waals surface area contributed by atoms with E-state index in [-0.39, 0.29) is 18.6 Å². The molecule has 4 nitrogen and oxygen atoms in total. The van der Waals surface area contributed by atoms with E-state index < -0.39 is 23.6 Å². The van der Waals surface area contributed by atoms with E-state index in [1.54, 1.807) is 6.92 Å². The van der Waals surface area contributed by atoms with Crippen LogP contribution in [0.4, 0.5) is 8.78 Å². The van der Waals surface area contributed by atoms with Gasteiger partial charge in [-0.1, -0.05) is 6.92 Å². The summed E-state index contributed by atoms with van der Waals surface area (Å²) in [4.78, 5) is 24.4. The number of ketones is 1. The van der Waals surface area contributed by atoms with Crippen molar-refractivity contribution in [2.75, 3.05) is 13.7 Å². The van der Waals surface area contributed by atoms with Gasteiger partial charge in [-0.3, -0.25) is 9.59 Å². The van der Waals surface area contributed by atoms with Crippen molar-refractivity contribution in [2.24, 2.45) is 5.41 Å². The Hall–Kier alpha value is -1.98. The van der Waals surface area contributed by atoms with Crippen molar-refractivity contribution in [1.82, 2.24) is 0 Å². The van der Waals surface area contributed by atoms with Gasteiger partial charge in [-0.2, -0.15) is 0 Å². The quantitative estimate of drug-likeness (QED) is 0.619. The van der Waals surface area contributed by atoms with Gasteiger partial charge in [-0.15, -0.1) is 0 Å².